The first-order valence-corrected chi connectivity index (χ1v) is 7.24. The van der Waals surface area contributed by atoms with Gasteiger partial charge in [0, 0.05) is 29.2 Å². The van der Waals surface area contributed by atoms with E-state index in [4.69, 9.17) is 23.2 Å². The van der Waals surface area contributed by atoms with Crippen LogP contribution in [-0.2, 0) is 5.88 Å². The van der Waals surface area contributed by atoms with Crippen LogP contribution in [-0.4, -0.2) is 12.6 Å². The highest BCUT2D eigenvalue weighted by atomic mass is 35.5. The molecule has 2 rings (SSSR count). The lowest BCUT2D eigenvalue weighted by Crippen LogP contribution is -2.33. The zero-order chi connectivity index (χ0) is 12.3. The van der Waals surface area contributed by atoms with Crippen LogP contribution in [0.25, 0.3) is 0 Å². The number of rotatable bonds is 2. The fourth-order valence-corrected chi connectivity index (χ4v) is 2.94. The van der Waals surface area contributed by atoms with Gasteiger partial charge >= 0.3 is 0 Å². The highest BCUT2D eigenvalue weighted by molar-refractivity contribution is 6.31. The number of hydrogen-bond acceptors (Lipinski definition) is 1. The molecule has 1 saturated heterocycles. The van der Waals surface area contributed by atoms with Gasteiger partial charge in [-0.15, -0.1) is 11.6 Å². The quantitative estimate of drug-likeness (QED) is 0.696. The van der Waals surface area contributed by atoms with E-state index in [1.54, 1.807) is 0 Å². The first-order chi connectivity index (χ1) is 8.22. The average Bonchev–Trinajstić information content (AvgIpc) is 2.54. The van der Waals surface area contributed by atoms with Crippen molar-refractivity contribution < 1.29 is 0 Å². The monoisotopic (exact) mass is 271 g/mol. The van der Waals surface area contributed by atoms with Crippen molar-refractivity contribution in [3.8, 4) is 0 Å². The van der Waals surface area contributed by atoms with Crippen molar-refractivity contribution in [2.75, 3.05) is 11.4 Å². The van der Waals surface area contributed by atoms with E-state index < -0.39 is 0 Å². The molecule has 1 aliphatic heterocycles. The maximum atomic E-state index is 6.11. The number of benzene rings is 1. The topological polar surface area (TPSA) is 3.24 Å². The summed E-state index contributed by atoms with van der Waals surface area (Å²) in [5.74, 6) is 0.551. The van der Waals surface area contributed by atoms with E-state index in [2.05, 4.69) is 17.9 Å². The minimum Gasteiger partial charge on any atom is -0.369 e. The molecule has 1 aromatic carbocycles. The van der Waals surface area contributed by atoms with Crippen LogP contribution in [0.5, 0.6) is 0 Å². The third kappa shape index (κ3) is 3.08. The molecular formula is C14H19Cl2N. The van der Waals surface area contributed by atoms with Gasteiger partial charge < -0.3 is 4.90 Å². The largest absolute Gasteiger partial charge is 0.369 e. The van der Waals surface area contributed by atoms with Gasteiger partial charge in [0.1, 0.15) is 0 Å². The summed E-state index contributed by atoms with van der Waals surface area (Å²) in [6.07, 6.45) is 5.18. The van der Waals surface area contributed by atoms with Crippen molar-refractivity contribution in [1.29, 1.82) is 0 Å². The summed E-state index contributed by atoms with van der Waals surface area (Å²) in [7, 11) is 0. The van der Waals surface area contributed by atoms with E-state index in [1.807, 2.05) is 12.1 Å². The summed E-state index contributed by atoms with van der Waals surface area (Å²) >= 11 is 12.1. The lowest BCUT2D eigenvalue weighted by Gasteiger charge is -2.31. The van der Waals surface area contributed by atoms with Gasteiger partial charge in [-0.3, -0.25) is 0 Å². The van der Waals surface area contributed by atoms with Crippen LogP contribution in [0.2, 0.25) is 5.02 Å². The SMILES string of the molecule is CC1CCCCCN1c1cc(Cl)ccc1CCl. The van der Waals surface area contributed by atoms with Gasteiger partial charge in [0.2, 0.25) is 0 Å². The number of anilines is 1. The first kappa shape index (κ1) is 13.0. The Kier molecular flexibility index (Phi) is 4.58. The molecule has 0 aromatic heterocycles. The molecule has 1 aliphatic rings. The van der Waals surface area contributed by atoms with Crippen molar-refractivity contribution in [1.82, 2.24) is 0 Å². The van der Waals surface area contributed by atoms with E-state index in [9.17, 15) is 0 Å². The van der Waals surface area contributed by atoms with Crippen LogP contribution < -0.4 is 4.90 Å². The molecule has 0 saturated carbocycles. The highest BCUT2D eigenvalue weighted by Gasteiger charge is 2.19. The Bertz CT molecular complexity index is 378. The zero-order valence-corrected chi connectivity index (χ0v) is 11.8. The summed E-state index contributed by atoms with van der Waals surface area (Å²) in [5, 5.41) is 0.797. The van der Waals surface area contributed by atoms with Crippen LogP contribution in [0, 0.1) is 0 Å². The number of halogens is 2. The van der Waals surface area contributed by atoms with Crippen LogP contribution in [0.3, 0.4) is 0 Å². The zero-order valence-electron chi connectivity index (χ0n) is 10.3. The Hall–Kier alpha value is -0.400. The molecule has 3 heteroatoms. The second-order valence-corrected chi connectivity index (χ2v) is 5.50. The molecule has 17 heavy (non-hydrogen) atoms. The van der Waals surface area contributed by atoms with Gasteiger partial charge in [-0.05, 0) is 37.5 Å². The van der Waals surface area contributed by atoms with Crippen molar-refractivity contribution in [2.45, 2.75) is 44.5 Å². The lowest BCUT2D eigenvalue weighted by atomic mass is 10.1. The maximum Gasteiger partial charge on any atom is 0.0494 e. The molecule has 1 fully saturated rings. The fraction of sp³-hybridized carbons (Fsp3) is 0.571. The highest BCUT2D eigenvalue weighted by Crippen LogP contribution is 2.30. The maximum absolute atomic E-state index is 6.11. The molecule has 0 radical (unpaired) electrons. The van der Waals surface area contributed by atoms with E-state index in [0.717, 1.165) is 11.6 Å². The molecule has 1 nitrogen and oxygen atoms in total. The second kappa shape index (κ2) is 5.97. The normalized spacial score (nSPS) is 21.4. The Morgan fingerprint density at radius 2 is 2.12 bits per heavy atom. The smallest absolute Gasteiger partial charge is 0.0494 e. The van der Waals surface area contributed by atoms with E-state index in [0.29, 0.717) is 11.9 Å². The summed E-state index contributed by atoms with van der Waals surface area (Å²) in [6.45, 7) is 3.41. The number of nitrogens with zero attached hydrogens (tertiary/aromatic N) is 1. The molecule has 1 unspecified atom stereocenters. The Morgan fingerprint density at radius 1 is 1.29 bits per heavy atom. The molecule has 0 N–H and O–H groups in total. The van der Waals surface area contributed by atoms with Gasteiger partial charge in [0.25, 0.3) is 0 Å². The molecule has 94 valence electrons. The van der Waals surface area contributed by atoms with Crippen molar-refractivity contribution >= 4 is 28.9 Å². The molecule has 1 heterocycles. The Balaban J connectivity index is 2.32. The third-order valence-electron chi connectivity index (χ3n) is 3.55. The van der Waals surface area contributed by atoms with Crippen LogP contribution >= 0.6 is 23.2 Å². The summed E-state index contributed by atoms with van der Waals surface area (Å²) in [4.78, 5) is 2.47. The minimum atomic E-state index is 0.551. The Morgan fingerprint density at radius 3 is 2.88 bits per heavy atom. The predicted molar refractivity (Wildman–Crippen MR) is 76.3 cm³/mol. The van der Waals surface area contributed by atoms with Gasteiger partial charge in [-0.25, -0.2) is 0 Å². The summed E-state index contributed by atoms with van der Waals surface area (Å²) in [6, 6.07) is 6.60. The third-order valence-corrected chi connectivity index (χ3v) is 4.08. The minimum absolute atomic E-state index is 0.551. The van der Waals surface area contributed by atoms with Crippen molar-refractivity contribution in [2.24, 2.45) is 0 Å². The molecule has 1 aromatic rings. The lowest BCUT2D eigenvalue weighted by molar-refractivity contribution is 0.615. The second-order valence-electron chi connectivity index (χ2n) is 4.80. The molecule has 0 amide bonds. The Labute approximate surface area is 114 Å². The summed E-state index contributed by atoms with van der Waals surface area (Å²) in [5.41, 5.74) is 2.41. The fourth-order valence-electron chi connectivity index (χ4n) is 2.55. The predicted octanol–water partition coefficient (Wildman–Crippen LogP) is 4.85. The van der Waals surface area contributed by atoms with Gasteiger partial charge in [0.15, 0.2) is 0 Å². The standard InChI is InChI=1S/C14H19Cl2N/c1-11-5-3-2-4-8-17(11)14-9-13(16)7-6-12(14)10-15/h6-7,9,11H,2-5,8,10H2,1H3. The average molecular weight is 272 g/mol. The van der Waals surface area contributed by atoms with E-state index >= 15 is 0 Å². The van der Waals surface area contributed by atoms with E-state index in [1.165, 1.54) is 36.9 Å². The molecular weight excluding hydrogens is 253 g/mol. The molecule has 0 spiro atoms. The van der Waals surface area contributed by atoms with Crippen LogP contribution in [0.1, 0.15) is 38.2 Å². The van der Waals surface area contributed by atoms with Crippen molar-refractivity contribution in [3.05, 3.63) is 28.8 Å². The summed E-state index contributed by atoms with van der Waals surface area (Å²) < 4.78 is 0. The molecule has 1 atom stereocenters. The van der Waals surface area contributed by atoms with Gasteiger partial charge in [-0.1, -0.05) is 30.5 Å². The van der Waals surface area contributed by atoms with Gasteiger partial charge in [-0.2, -0.15) is 0 Å². The molecule has 0 bridgehead atoms. The van der Waals surface area contributed by atoms with E-state index in [-0.39, 0.29) is 0 Å². The number of hydrogen-bond donors (Lipinski definition) is 0. The van der Waals surface area contributed by atoms with Crippen LogP contribution in [0.4, 0.5) is 5.69 Å². The first-order valence-electron chi connectivity index (χ1n) is 6.33. The van der Waals surface area contributed by atoms with Crippen molar-refractivity contribution in [3.63, 3.8) is 0 Å². The molecule has 0 aliphatic carbocycles. The van der Waals surface area contributed by atoms with Gasteiger partial charge in [0.05, 0.1) is 0 Å². The number of alkyl halides is 1. The van der Waals surface area contributed by atoms with Crippen LogP contribution in [0.15, 0.2) is 18.2 Å².